The third-order valence-corrected chi connectivity index (χ3v) is 4.88. The van der Waals surface area contributed by atoms with Gasteiger partial charge in [-0.05, 0) is 23.8 Å². The van der Waals surface area contributed by atoms with Crippen molar-refractivity contribution in [3.05, 3.63) is 42.1 Å². The van der Waals surface area contributed by atoms with Crippen LogP contribution in [-0.2, 0) is 11.3 Å². The van der Waals surface area contributed by atoms with E-state index in [0.29, 0.717) is 19.5 Å². The molecule has 0 unspecified atom stereocenters. The van der Waals surface area contributed by atoms with Crippen LogP contribution in [0.25, 0.3) is 11.3 Å². The average Bonchev–Trinajstić information content (AvgIpc) is 3.07. The van der Waals surface area contributed by atoms with E-state index in [1.165, 1.54) is 0 Å². The maximum absolute atomic E-state index is 12.8. The smallest absolute Gasteiger partial charge is 0.255 e. The van der Waals surface area contributed by atoms with Gasteiger partial charge in [-0.2, -0.15) is 5.10 Å². The maximum Gasteiger partial charge on any atom is 0.255 e. The maximum atomic E-state index is 12.8. The number of likely N-dealkylation sites (tertiary alicyclic amines) is 1. The van der Waals surface area contributed by atoms with E-state index in [0.717, 1.165) is 29.8 Å². The molecule has 1 aromatic carbocycles. The van der Waals surface area contributed by atoms with Gasteiger partial charge in [0, 0.05) is 31.7 Å². The van der Waals surface area contributed by atoms with Crippen molar-refractivity contribution in [3.8, 4) is 11.3 Å². The van der Waals surface area contributed by atoms with Gasteiger partial charge in [-0.15, -0.1) is 0 Å². The van der Waals surface area contributed by atoms with Gasteiger partial charge in [-0.1, -0.05) is 51.1 Å². The number of nitrogens with one attached hydrogen (secondary N) is 2. The predicted octanol–water partition coefficient (Wildman–Crippen LogP) is 2.57. The molecule has 1 aliphatic heterocycles. The van der Waals surface area contributed by atoms with E-state index in [1.54, 1.807) is 11.1 Å². The summed E-state index contributed by atoms with van der Waals surface area (Å²) >= 11 is 0. The van der Waals surface area contributed by atoms with Gasteiger partial charge in [0.05, 0.1) is 11.9 Å². The zero-order chi connectivity index (χ0) is 19.5. The first-order valence-electron chi connectivity index (χ1n) is 9.59. The van der Waals surface area contributed by atoms with Crippen LogP contribution in [0.4, 0.5) is 0 Å². The minimum atomic E-state index is -1.33. The van der Waals surface area contributed by atoms with Gasteiger partial charge < -0.3 is 15.3 Å². The second-order valence-electron chi connectivity index (χ2n) is 8.66. The molecule has 3 rings (SSSR count). The first-order chi connectivity index (χ1) is 12.8. The van der Waals surface area contributed by atoms with Crippen molar-refractivity contribution < 1.29 is 9.90 Å². The van der Waals surface area contributed by atoms with E-state index in [4.69, 9.17) is 0 Å². The largest absolute Gasteiger partial charge is 0.379 e. The molecule has 1 amide bonds. The van der Waals surface area contributed by atoms with Gasteiger partial charge in [0.25, 0.3) is 5.91 Å². The Morgan fingerprint density at radius 3 is 2.74 bits per heavy atom. The summed E-state index contributed by atoms with van der Waals surface area (Å²) in [6.07, 6.45) is 3.10. The van der Waals surface area contributed by atoms with Crippen LogP contribution >= 0.6 is 0 Å². The zero-order valence-corrected chi connectivity index (χ0v) is 16.5. The Hall–Kier alpha value is -2.18. The number of hydrogen-bond donors (Lipinski definition) is 3. The first kappa shape index (κ1) is 19.6. The molecular formula is C21H30N4O2. The van der Waals surface area contributed by atoms with Crippen LogP contribution in [0.5, 0.6) is 0 Å². The van der Waals surface area contributed by atoms with Crippen molar-refractivity contribution >= 4 is 5.91 Å². The van der Waals surface area contributed by atoms with Gasteiger partial charge in [-0.25, -0.2) is 0 Å². The molecule has 1 aliphatic rings. The first-order valence-corrected chi connectivity index (χ1v) is 9.59. The fraction of sp³-hybridized carbons (Fsp3) is 0.524. The van der Waals surface area contributed by atoms with Crippen molar-refractivity contribution in [3.63, 3.8) is 0 Å². The van der Waals surface area contributed by atoms with Crippen LogP contribution in [0.2, 0.25) is 0 Å². The quantitative estimate of drug-likeness (QED) is 0.730. The van der Waals surface area contributed by atoms with Crippen molar-refractivity contribution in [2.24, 2.45) is 5.41 Å². The Bertz CT molecular complexity index is 766. The monoisotopic (exact) mass is 370 g/mol. The summed E-state index contributed by atoms with van der Waals surface area (Å²) in [6.45, 7) is 8.48. The molecule has 0 bridgehead atoms. The summed E-state index contributed by atoms with van der Waals surface area (Å²) in [5.41, 5.74) is 1.72. The number of benzene rings is 1. The van der Waals surface area contributed by atoms with E-state index in [1.807, 2.05) is 30.3 Å². The van der Waals surface area contributed by atoms with Crippen molar-refractivity contribution in [2.45, 2.75) is 45.8 Å². The number of carbonyl (C=O) groups is 1. The highest BCUT2D eigenvalue weighted by Gasteiger charge is 2.42. The van der Waals surface area contributed by atoms with Crippen LogP contribution in [0.3, 0.4) is 0 Å². The van der Waals surface area contributed by atoms with Crippen LogP contribution in [0, 0.1) is 5.41 Å². The minimum Gasteiger partial charge on any atom is -0.379 e. The van der Waals surface area contributed by atoms with Crippen LogP contribution < -0.4 is 5.32 Å². The van der Waals surface area contributed by atoms with E-state index < -0.39 is 5.60 Å². The zero-order valence-electron chi connectivity index (χ0n) is 16.5. The lowest BCUT2D eigenvalue weighted by molar-refractivity contribution is -0.158. The fourth-order valence-electron chi connectivity index (χ4n) is 3.66. The van der Waals surface area contributed by atoms with Crippen LogP contribution in [-0.4, -0.2) is 51.3 Å². The number of aliphatic hydroxyl groups is 1. The Kier molecular flexibility index (Phi) is 5.67. The normalized spacial score (nSPS) is 20.9. The molecule has 2 aromatic rings. The molecule has 6 nitrogen and oxygen atoms in total. The number of amides is 1. The molecule has 0 aliphatic carbocycles. The molecule has 2 heterocycles. The number of aromatic amines is 1. The van der Waals surface area contributed by atoms with Crippen LogP contribution in [0.15, 0.2) is 36.5 Å². The molecule has 3 N–H and O–H groups in total. The lowest BCUT2D eigenvalue weighted by Crippen LogP contribution is -2.59. The molecule has 0 saturated carbocycles. The molecule has 146 valence electrons. The average molecular weight is 370 g/mol. The van der Waals surface area contributed by atoms with Crippen molar-refractivity contribution in [1.29, 1.82) is 0 Å². The highest BCUT2D eigenvalue weighted by molar-refractivity contribution is 5.86. The molecule has 1 fully saturated rings. The van der Waals surface area contributed by atoms with E-state index in [9.17, 15) is 9.90 Å². The van der Waals surface area contributed by atoms with Gasteiger partial charge in [0.1, 0.15) is 0 Å². The van der Waals surface area contributed by atoms with E-state index in [-0.39, 0.29) is 17.9 Å². The van der Waals surface area contributed by atoms with Gasteiger partial charge in [0.2, 0.25) is 0 Å². The second kappa shape index (κ2) is 7.82. The number of hydrogen-bond acceptors (Lipinski definition) is 4. The third-order valence-electron chi connectivity index (χ3n) is 4.88. The fourth-order valence-corrected chi connectivity index (χ4v) is 3.66. The van der Waals surface area contributed by atoms with Crippen molar-refractivity contribution in [2.75, 3.05) is 19.6 Å². The Labute approximate surface area is 161 Å². The highest BCUT2D eigenvalue weighted by Crippen LogP contribution is 2.26. The summed E-state index contributed by atoms with van der Waals surface area (Å²) in [4.78, 5) is 14.6. The molecule has 1 saturated heterocycles. The Balaban J connectivity index is 1.62. The molecule has 27 heavy (non-hydrogen) atoms. The Morgan fingerprint density at radius 2 is 2.04 bits per heavy atom. The SMILES string of the molecule is CC(C)(C)CN1CCC[C@@](O)(CNCc2cn[nH]c2-c2ccccc2)C1=O. The number of H-pyrrole nitrogens is 1. The number of carbonyl (C=O) groups excluding carboxylic acids is 1. The molecule has 0 spiro atoms. The lowest BCUT2D eigenvalue weighted by atomic mass is 9.88. The van der Waals surface area contributed by atoms with Gasteiger partial charge in [0.15, 0.2) is 5.60 Å². The number of piperidine rings is 1. The molecule has 0 radical (unpaired) electrons. The molecule has 1 aromatic heterocycles. The predicted molar refractivity (Wildman–Crippen MR) is 106 cm³/mol. The molecular weight excluding hydrogens is 340 g/mol. The summed E-state index contributed by atoms with van der Waals surface area (Å²) in [5, 5.41) is 21.4. The summed E-state index contributed by atoms with van der Waals surface area (Å²) in [5.74, 6) is -0.161. The summed E-state index contributed by atoms with van der Waals surface area (Å²) in [6, 6.07) is 10.0. The van der Waals surface area contributed by atoms with E-state index >= 15 is 0 Å². The minimum absolute atomic E-state index is 0.0166. The van der Waals surface area contributed by atoms with Gasteiger partial charge >= 0.3 is 0 Å². The lowest BCUT2D eigenvalue weighted by Gasteiger charge is -2.41. The summed E-state index contributed by atoms with van der Waals surface area (Å²) in [7, 11) is 0. The van der Waals surface area contributed by atoms with Gasteiger partial charge in [-0.3, -0.25) is 9.89 Å². The Morgan fingerprint density at radius 1 is 1.30 bits per heavy atom. The molecule has 1 atom stereocenters. The molecule has 6 heteroatoms. The van der Waals surface area contributed by atoms with Crippen LogP contribution in [0.1, 0.15) is 39.2 Å². The van der Waals surface area contributed by atoms with E-state index in [2.05, 4.69) is 36.3 Å². The number of nitrogens with zero attached hydrogens (tertiary/aromatic N) is 2. The third kappa shape index (κ3) is 4.76. The summed E-state index contributed by atoms with van der Waals surface area (Å²) < 4.78 is 0. The number of aromatic nitrogens is 2. The standard InChI is InChI=1S/C21H30N4O2/c1-20(2,3)15-25-11-7-10-21(27,19(25)26)14-22-12-17-13-23-24-18(17)16-8-5-4-6-9-16/h4-6,8-9,13,22,27H,7,10-12,14-15H2,1-3H3,(H,23,24)/t21-/m1/s1. The number of rotatable bonds is 6. The second-order valence-corrected chi connectivity index (χ2v) is 8.66. The van der Waals surface area contributed by atoms with Crippen molar-refractivity contribution in [1.82, 2.24) is 20.4 Å². The highest BCUT2D eigenvalue weighted by atomic mass is 16.3. The topological polar surface area (TPSA) is 81.2 Å².